The first-order chi connectivity index (χ1) is 12.7. The molecule has 156 valence electrons. The predicted octanol–water partition coefficient (Wildman–Crippen LogP) is 2.13. The van der Waals surface area contributed by atoms with E-state index >= 15 is 0 Å². The quantitative estimate of drug-likeness (QED) is 0.703. The van der Waals surface area contributed by atoms with E-state index < -0.39 is 53.8 Å². The second-order valence-corrected chi connectivity index (χ2v) is 6.90. The number of aliphatic hydroxyl groups excluding tert-OH is 1. The normalized spacial score (nSPS) is 14.0. The lowest BCUT2D eigenvalue weighted by Crippen LogP contribution is -2.45. The summed E-state index contributed by atoms with van der Waals surface area (Å²) in [6, 6.07) is 1.87. The highest BCUT2D eigenvalue weighted by molar-refractivity contribution is 5.90. The number of methoxy groups -OCH3 is 1. The average molecular weight is 405 g/mol. The Hall–Kier alpha value is -2.62. The first-order valence-corrected chi connectivity index (χ1v) is 8.20. The van der Waals surface area contributed by atoms with Crippen molar-refractivity contribution >= 4 is 17.8 Å². The van der Waals surface area contributed by atoms with Gasteiger partial charge in [-0.25, -0.2) is 4.79 Å². The van der Waals surface area contributed by atoms with E-state index in [0.29, 0.717) is 12.1 Å². The van der Waals surface area contributed by atoms with Crippen molar-refractivity contribution in [3.05, 3.63) is 35.4 Å². The van der Waals surface area contributed by atoms with Crippen LogP contribution >= 0.6 is 0 Å². The molecule has 0 aliphatic carbocycles. The van der Waals surface area contributed by atoms with Gasteiger partial charge in [-0.05, 0) is 38.5 Å². The molecule has 1 aromatic carbocycles. The van der Waals surface area contributed by atoms with Gasteiger partial charge in [-0.3, -0.25) is 9.59 Å². The molecule has 0 fully saturated rings. The number of hydrogen-bond donors (Lipinski definition) is 2. The van der Waals surface area contributed by atoms with E-state index in [1.165, 1.54) is 0 Å². The van der Waals surface area contributed by atoms with Gasteiger partial charge in [0.15, 0.2) is 6.10 Å². The Morgan fingerprint density at radius 3 is 2.07 bits per heavy atom. The van der Waals surface area contributed by atoms with Crippen molar-refractivity contribution < 1.29 is 42.1 Å². The topological polar surface area (TPSA) is 102 Å². The monoisotopic (exact) mass is 405 g/mol. The number of carbonyl (C=O) groups is 3. The molecule has 1 amide bonds. The molecule has 1 aromatic rings. The van der Waals surface area contributed by atoms with Crippen LogP contribution in [0.1, 0.15) is 44.4 Å². The number of aliphatic hydroxyl groups is 1. The van der Waals surface area contributed by atoms with Crippen molar-refractivity contribution in [3.8, 4) is 0 Å². The van der Waals surface area contributed by atoms with Crippen molar-refractivity contribution in [2.75, 3.05) is 7.11 Å². The molecule has 0 bridgehead atoms. The molecule has 2 atom stereocenters. The molecular formula is C18H22F3NO6. The Morgan fingerprint density at radius 1 is 1.11 bits per heavy atom. The molecule has 0 aliphatic heterocycles. The highest BCUT2D eigenvalue weighted by Crippen LogP contribution is 2.30. The Labute approximate surface area is 159 Å². The summed E-state index contributed by atoms with van der Waals surface area (Å²) in [5, 5.41) is 12.2. The molecule has 0 saturated heterocycles. The van der Waals surface area contributed by atoms with Crippen LogP contribution in [0.5, 0.6) is 0 Å². The summed E-state index contributed by atoms with van der Waals surface area (Å²) in [6.07, 6.45) is -6.96. The Kier molecular flexibility index (Phi) is 7.57. The van der Waals surface area contributed by atoms with Crippen LogP contribution in [0, 0.1) is 0 Å². The van der Waals surface area contributed by atoms with Gasteiger partial charge in [-0.1, -0.05) is 12.1 Å². The van der Waals surface area contributed by atoms with Crippen LogP contribution in [0.3, 0.4) is 0 Å². The molecule has 0 saturated carbocycles. The van der Waals surface area contributed by atoms with Crippen LogP contribution in [0.25, 0.3) is 0 Å². The third-order valence-electron chi connectivity index (χ3n) is 3.40. The van der Waals surface area contributed by atoms with Gasteiger partial charge in [0, 0.05) is 0 Å². The van der Waals surface area contributed by atoms with E-state index in [-0.39, 0.29) is 5.56 Å². The zero-order valence-corrected chi connectivity index (χ0v) is 15.8. The number of amides is 1. The van der Waals surface area contributed by atoms with Gasteiger partial charge in [-0.2, -0.15) is 13.2 Å². The van der Waals surface area contributed by atoms with E-state index in [1.807, 2.05) is 0 Å². The SMILES string of the molecule is COC(=O)[C@H](CC(=O)OC(C)(C)C)NC(=O)[C@@H](O)c1ccc(C(F)(F)F)cc1. The minimum Gasteiger partial charge on any atom is -0.467 e. The maximum absolute atomic E-state index is 12.6. The number of rotatable bonds is 6. The summed E-state index contributed by atoms with van der Waals surface area (Å²) in [6.45, 7) is 4.85. The van der Waals surface area contributed by atoms with Crippen LogP contribution in [-0.2, 0) is 30.0 Å². The largest absolute Gasteiger partial charge is 0.467 e. The second-order valence-electron chi connectivity index (χ2n) is 6.90. The van der Waals surface area contributed by atoms with Gasteiger partial charge in [0.1, 0.15) is 11.6 Å². The molecule has 7 nitrogen and oxygen atoms in total. The van der Waals surface area contributed by atoms with Gasteiger partial charge in [0.2, 0.25) is 0 Å². The van der Waals surface area contributed by atoms with Gasteiger partial charge in [0.25, 0.3) is 5.91 Å². The highest BCUT2D eigenvalue weighted by Gasteiger charge is 2.32. The first kappa shape index (κ1) is 23.4. The summed E-state index contributed by atoms with van der Waals surface area (Å²) >= 11 is 0. The number of hydrogen-bond acceptors (Lipinski definition) is 6. The fraction of sp³-hybridized carbons (Fsp3) is 0.500. The van der Waals surface area contributed by atoms with Crippen molar-refractivity contribution in [1.29, 1.82) is 0 Å². The van der Waals surface area contributed by atoms with Crippen molar-refractivity contribution in [3.63, 3.8) is 0 Å². The fourth-order valence-electron chi connectivity index (χ4n) is 2.14. The van der Waals surface area contributed by atoms with E-state index in [2.05, 4.69) is 10.1 Å². The predicted molar refractivity (Wildman–Crippen MR) is 90.8 cm³/mol. The smallest absolute Gasteiger partial charge is 0.416 e. The third kappa shape index (κ3) is 7.18. The minimum atomic E-state index is -4.56. The Morgan fingerprint density at radius 2 is 1.64 bits per heavy atom. The van der Waals surface area contributed by atoms with Crippen molar-refractivity contribution in [2.24, 2.45) is 0 Å². The maximum atomic E-state index is 12.6. The van der Waals surface area contributed by atoms with Gasteiger partial charge in [-0.15, -0.1) is 0 Å². The molecule has 0 aromatic heterocycles. The number of benzene rings is 1. The molecule has 10 heteroatoms. The van der Waals surface area contributed by atoms with E-state index in [0.717, 1.165) is 19.2 Å². The van der Waals surface area contributed by atoms with Crippen molar-refractivity contribution in [2.45, 2.75) is 51.1 Å². The van der Waals surface area contributed by atoms with Gasteiger partial charge in [0.05, 0.1) is 19.1 Å². The highest BCUT2D eigenvalue weighted by atomic mass is 19.4. The zero-order valence-electron chi connectivity index (χ0n) is 15.8. The van der Waals surface area contributed by atoms with Gasteiger partial charge < -0.3 is 19.9 Å². The number of nitrogens with one attached hydrogen (secondary N) is 1. The summed E-state index contributed by atoms with van der Waals surface area (Å²) < 4.78 is 47.3. The Bertz CT molecular complexity index is 710. The van der Waals surface area contributed by atoms with E-state index in [1.54, 1.807) is 20.8 Å². The average Bonchev–Trinajstić information content (AvgIpc) is 2.57. The number of esters is 2. The van der Waals surface area contributed by atoms with Crippen molar-refractivity contribution in [1.82, 2.24) is 5.32 Å². The zero-order chi connectivity index (χ0) is 21.7. The number of carbonyl (C=O) groups excluding carboxylic acids is 3. The maximum Gasteiger partial charge on any atom is 0.416 e. The molecule has 1 rings (SSSR count). The van der Waals surface area contributed by atoms with Crippen LogP contribution < -0.4 is 5.32 Å². The minimum absolute atomic E-state index is 0.119. The first-order valence-electron chi connectivity index (χ1n) is 8.20. The molecule has 0 heterocycles. The fourth-order valence-corrected chi connectivity index (χ4v) is 2.14. The van der Waals surface area contributed by atoms with Crippen LogP contribution in [0.4, 0.5) is 13.2 Å². The Balaban J connectivity index is 2.86. The lowest BCUT2D eigenvalue weighted by Gasteiger charge is -2.22. The van der Waals surface area contributed by atoms with Gasteiger partial charge >= 0.3 is 18.1 Å². The van der Waals surface area contributed by atoms with Crippen LogP contribution in [0.15, 0.2) is 24.3 Å². The third-order valence-corrected chi connectivity index (χ3v) is 3.40. The molecule has 0 spiro atoms. The number of ether oxygens (including phenoxy) is 2. The summed E-state index contributed by atoms with van der Waals surface area (Å²) in [5.74, 6) is -2.82. The summed E-state index contributed by atoms with van der Waals surface area (Å²) in [7, 11) is 1.04. The standard InChI is InChI=1S/C18H22F3NO6/c1-17(2,3)28-13(23)9-12(16(26)27-4)22-15(25)14(24)10-5-7-11(8-6-10)18(19,20)21/h5-8,12,14,24H,9H2,1-4H3,(H,22,25)/t12-,14-/m0/s1. The number of halogens is 3. The molecule has 0 radical (unpaired) electrons. The second kappa shape index (κ2) is 9.05. The molecule has 0 unspecified atom stereocenters. The lowest BCUT2D eigenvalue weighted by molar-refractivity contribution is -0.159. The molecule has 2 N–H and O–H groups in total. The summed E-state index contributed by atoms with van der Waals surface area (Å²) in [5.41, 5.74) is -1.88. The van der Waals surface area contributed by atoms with E-state index in [4.69, 9.17) is 4.74 Å². The van der Waals surface area contributed by atoms with Crippen LogP contribution in [-0.4, -0.2) is 41.7 Å². The lowest BCUT2D eigenvalue weighted by atomic mass is 10.1. The molecule has 28 heavy (non-hydrogen) atoms. The molecule has 0 aliphatic rings. The molecular weight excluding hydrogens is 383 g/mol. The van der Waals surface area contributed by atoms with Crippen LogP contribution in [0.2, 0.25) is 0 Å². The number of alkyl halides is 3. The van der Waals surface area contributed by atoms with E-state index in [9.17, 15) is 32.7 Å². The summed E-state index contributed by atoms with van der Waals surface area (Å²) in [4.78, 5) is 35.9.